The lowest BCUT2D eigenvalue weighted by Gasteiger charge is -2.45. The number of nitrogens with one attached hydrogen (secondary N) is 1. The molecule has 2 aliphatic heterocycles. The molecule has 0 radical (unpaired) electrons. The van der Waals surface area contributed by atoms with Crippen molar-refractivity contribution in [3.8, 4) is 0 Å². The highest BCUT2D eigenvalue weighted by Crippen LogP contribution is 2.35. The molecule has 1 N–H and O–H groups in total. The van der Waals surface area contributed by atoms with Crippen LogP contribution in [0.5, 0.6) is 0 Å². The Labute approximate surface area is 112 Å². The third kappa shape index (κ3) is 3.46. The van der Waals surface area contributed by atoms with E-state index in [1.54, 1.807) is 0 Å². The smallest absolute Gasteiger partial charge is 0.0741 e. The lowest BCUT2D eigenvalue weighted by Crippen LogP contribution is -2.53. The van der Waals surface area contributed by atoms with Gasteiger partial charge >= 0.3 is 0 Å². The summed E-state index contributed by atoms with van der Waals surface area (Å²) in [6.45, 7) is 11.8. The van der Waals surface area contributed by atoms with Crippen LogP contribution in [0.4, 0.5) is 0 Å². The van der Waals surface area contributed by atoms with Gasteiger partial charge in [0.05, 0.1) is 5.60 Å². The molecule has 106 valence electrons. The van der Waals surface area contributed by atoms with E-state index in [9.17, 15) is 0 Å². The summed E-state index contributed by atoms with van der Waals surface area (Å²) in [6.07, 6.45) is 4.42. The van der Waals surface area contributed by atoms with Crippen molar-refractivity contribution in [3.05, 3.63) is 0 Å². The molecule has 0 amide bonds. The summed E-state index contributed by atoms with van der Waals surface area (Å²) in [5.41, 5.74) is 0.424. The van der Waals surface area contributed by atoms with Crippen LogP contribution in [-0.4, -0.2) is 37.5 Å². The quantitative estimate of drug-likeness (QED) is 0.823. The van der Waals surface area contributed by atoms with Crippen molar-refractivity contribution in [3.63, 3.8) is 0 Å². The molecule has 2 heterocycles. The maximum absolute atomic E-state index is 6.08. The third-order valence-corrected chi connectivity index (χ3v) is 4.68. The molecular weight excluding hydrogens is 226 g/mol. The van der Waals surface area contributed by atoms with Gasteiger partial charge in [0.1, 0.15) is 0 Å². The van der Waals surface area contributed by atoms with E-state index in [-0.39, 0.29) is 5.60 Å². The highest BCUT2D eigenvalue weighted by molar-refractivity contribution is 4.93. The predicted molar refractivity (Wildman–Crippen MR) is 73.8 cm³/mol. The summed E-state index contributed by atoms with van der Waals surface area (Å²) in [5.74, 6) is 0. The van der Waals surface area contributed by atoms with Gasteiger partial charge in [-0.2, -0.15) is 0 Å². The molecule has 0 aliphatic carbocycles. The fourth-order valence-corrected chi connectivity index (χ4v) is 2.87. The van der Waals surface area contributed by atoms with E-state index in [0.29, 0.717) is 17.5 Å². The first-order chi connectivity index (χ1) is 8.41. The first-order valence-electron chi connectivity index (χ1n) is 7.39. The lowest BCUT2D eigenvalue weighted by molar-refractivity contribution is -0.141. The topological polar surface area (TPSA) is 30.5 Å². The van der Waals surface area contributed by atoms with E-state index < -0.39 is 0 Å². The van der Waals surface area contributed by atoms with Gasteiger partial charge in [-0.05, 0) is 38.0 Å². The normalized spacial score (nSPS) is 30.3. The van der Waals surface area contributed by atoms with Crippen LogP contribution in [0.25, 0.3) is 0 Å². The second kappa shape index (κ2) is 5.48. The molecule has 1 spiro atoms. The van der Waals surface area contributed by atoms with Gasteiger partial charge in [0.25, 0.3) is 0 Å². The second-order valence-corrected chi connectivity index (χ2v) is 7.09. The standard InChI is InChI=1S/C15H29NO2/c1-12(14(2,3)4)16-13-5-8-18-15(11-13)6-9-17-10-7-15/h12-13,16H,5-11H2,1-4H3. The monoisotopic (exact) mass is 255 g/mol. The summed E-state index contributed by atoms with van der Waals surface area (Å²) in [7, 11) is 0. The molecule has 2 saturated heterocycles. The average Bonchev–Trinajstić information content (AvgIpc) is 2.28. The van der Waals surface area contributed by atoms with E-state index in [1.165, 1.54) is 0 Å². The molecule has 2 rings (SSSR count). The Morgan fingerprint density at radius 1 is 1.17 bits per heavy atom. The first kappa shape index (κ1) is 14.3. The van der Waals surface area contributed by atoms with Gasteiger partial charge in [-0.25, -0.2) is 0 Å². The van der Waals surface area contributed by atoms with Crippen LogP contribution in [0.15, 0.2) is 0 Å². The summed E-state index contributed by atoms with van der Waals surface area (Å²) in [5, 5.41) is 3.81. The maximum Gasteiger partial charge on any atom is 0.0741 e. The van der Waals surface area contributed by atoms with Gasteiger partial charge in [-0.3, -0.25) is 0 Å². The molecule has 0 bridgehead atoms. The molecule has 2 fully saturated rings. The largest absolute Gasteiger partial charge is 0.381 e. The van der Waals surface area contributed by atoms with Crippen LogP contribution in [0, 0.1) is 5.41 Å². The predicted octanol–water partition coefficient (Wildman–Crippen LogP) is 2.74. The van der Waals surface area contributed by atoms with Crippen LogP contribution >= 0.6 is 0 Å². The van der Waals surface area contributed by atoms with Crippen molar-refractivity contribution in [1.82, 2.24) is 5.32 Å². The average molecular weight is 255 g/mol. The van der Waals surface area contributed by atoms with E-state index in [4.69, 9.17) is 9.47 Å². The van der Waals surface area contributed by atoms with Gasteiger partial charge in [0, 0.05) is 31.9 Å². The van der Waals surface area contributed by atoms with Crippen molar-refractivity contribution < 1.29 is 9.47 Å². The summed E-state index contributed by atoms with van der Waals surface area (Å²) >= 11 is 0. The SMILES string of the molecule is CC(NC1CCOC2(CCOCC2)C1)C(C)(C)C. The number of rotatable bonds is 2. The Hall–Kier alpha value is -0.120. The van der Waals surface area contributed by atoms with Crippen LogP contribution in [0.3, 0.4) is 0 Å². The zero-order valence-electron chi connectivity index (χ0n) is 12.4. The van der Waals surface area contributed by atoms with Crippen molar-refractivity contribution in [2.45, 2.75) is 71.1 Å². The fourth-order valence-electron chi connectivity index (χ4n) is 2.87. The minimum absolute atomic E-state index is 0.103. The zero-order chi connectivity index (χ0) is 13.2. The molecule has 0 saturated carbocycles. The lowest BCUT2D eigenvalue weighted by atomic mass is 9.82. The first-order valence-corrected chi connectivity index (χ1v) is 7.39. The Morgan fingerprint density at radius 2 is 1.83 bits per heavy atom. The van der Waals surface area contributed by atoms with Gasteiger partial charge in [-0.15, -0.1) is 0 Å². The van der Waals surface area contributed by atoms with Crippen molar-refractivity contribution in [1.29, 1.82) is 0 Å². The van der Waals surface area contributed by atoms with Crippen molar-refractivity contribution in [2.75, 3.05) is 19.8 Å². The number of ether oxygens (including phenoxy) is 2. The molecule has 0 aromatic rings. The molecule has 0 aromatic carbocycles. The van der Waals surface area contributed by atoms with Crippen molar-refractivity contribution >= 4 is 0 Å². The molecule has 2 atom stereocenters. The van der Waals surface area contributed by atoms with E-state index in [2.05, 4.69) is 33.0 Å². The molecule has 18 heavy (non-hydrogen) atoms. The summed E-state index contributed by atoms with van der Waals surface area (Å²) in [6, 6.07) is 1.14. The Balaban J connectivity index is 1.90. The molecule has 2 unspecified atom stereocenters. The number of hydrogen-bond donors (Lipinski definition) is 1. The van der Waals surface area contributed by atoms with E-state index >= 15 is 0 Å². The minimum Gasteiger partial charge on any atom is -0.381 e. The Morgan fingerprint density at radius 3 is 2.44 bits per heavy atom. The Bertz CT molecular complexity index is 261. The summed E-state index contributed by atoms with van der Waals surface area (Å²) in [4.78, 5) is 0. The van der Waals surface area contributed by atoms with E-state index in [0.717, 1.165) is 45.5 Å². The zero-order valence-corrected chi connectivity index (χ0v) is 12.4. The summed E-state index contributed by atoms with van der Waals surface area (Å²) < 4.78 is 11.6. The fraction of sp³-hybridized carbons (Fsp3) is 1.00. The van der Waals surface area contributed by atoms with Gasteiger partial charge < -0.3 is 14.8 Å². The third-order valence-electron chi connectivity index (χ3n) is 4.68. The second-order valence-electron chi connectivity index (χ2n) is 7.09. The maximum atomic E-state index is 6.08. The number of hydrogen-bond acceptors (Lipinski definition) is 3. The Kier molecular flexibility index (Phi) is 4.35. The highest BCUT2D eigenvalue weighted by atomic mass is 16.5. The molecule has 2 aliphatic rings. The van der Waals surface area contributed by atoms with Gasteiger partial charge in [0.2, 0.25) is 0 Å². The highest BCUT2D eigenvalue weighted by Gasteiger charge is 2.39. The van der Waals surface area contributed by atoms with Crippen molar-refractivity contribution in [2.24, 2.45) is 5.41 Å². The molecule has 0 aromatic heterocycles. The molecule has 3 nitrogen and oxygen atoms in total. The van der Waals surface area contributed by atoms with E-state index in [1.807, 2.05) is 0 Å². The van der Waals surface area contributed by atoms with Gasteiger partial charge in [0.15, 0.2) is 0 Å². The minimum atomic E-state index is 0.103. The van der Waals surface area contributed by atoms with Gasteiger partial charge in [-0.1, -0.05) is 20.8 Å². The van der Waals surface area contributed by atoms with Crippen LogP contribution in [-0.2, 0) is 9.47 Å². The van der Waals surface area contributed by atoms with Crippen LogP contribution < -0.4 is 5.32 Å². The molecule has 3 heteroatoms. The van der Waals surface area contributed by atoms with Crippen LogP contribution in [0.1, 0.15) is 53.4 Å². The molecular formula is C15H29NO2. The van der Waals surface area contributed by atoms with Crippen LogP contribution in [0.2, 0.25) is 0 Å².